The highest BCUT2D eigenvalue weighted by atomic mass is 79.9. The SMILES string of the molecule is C=C/C(S)=C\C=C(/C)C[N+]1([O-])CCCc2ccc(Br)c(F)c2C1. The van der Waals surface area contributed by atoms with E-state index in [2.05, 4.69) is 35.1 Å². The second-order valence-corrected chi connectivity index (χ2v) is 7.38. The Kier molecular flexibility index (Phi) is 6.26. The Bertz CT molecular complexity index is 671. The minimum absolute atomic E-state index is 0.171. The smallest absolute Gasteiger partial charge is 0.146 e. The predicted molar refractivity (Wildman–Crippen MR) is 101 cm³/mol. The summed E-state index contributed by atoms with van der Waals surface area (Å²) in [6.45, 7) is 6.57. The summed E-state index contributed by atoms with van der Waals surface area (Å²) < 4.78 is 14.4. The Morgan fingerprint density at radius 2 is 2.22 bits per heavy atom. The van der Waals surface area contributed by atoms with E-state index in [4.69, 9.17) is 0 Å². The van der Waals surface area contributed by atoms with Crippen molar-refractivity contribution in [3.63, 3.8) is 0 Å². The number of hydroxylamine groups is 3. The molecule has 0 radical (unpaired) electrons. The number of quaternary nitrogens is 1. The molecular formula is C18H21BrFNOS. The van der Waals surface area contributed by atoms with Gasteiger partial charge in [-0.15, -0.1) is 12.6 Å². The van der Waals surface area contributed by atoms with E-state index in [1.54, 1.807) is 12.1 Å². The quantitative estimate of drug-likeness (QED) is 0.317. The maximum absolute atomic E-state index is 14.4. The topological polar surface area (TPSA) is 23.1 Å². The normalized spacial score (nSPS) is 22.5. The van der Waals surface area contributed by atoms with Crippen molar-refractivity contribution < 1.29 is 9.04 Å². The summed E-state index contributed by atoms with van der Waals surface area (Å²) in [5.41, 5.74) is 2.45. The summed E-state index contributed by atoms with van der Waals surface area (Å²) in [5.74, 6) is -0.298. The molecule has 2 nitrogen and oxygen atoms in total. The van der Waals surface area contributed by atoms with Gasteiger partial charge in [0, 0.05) is 16.9 Å². The van der Waals surface area contributed by atoms with Crippen LogP contribution in [-0.2, 0) is 13.0 Å². The average Bonchev–Trinajstić information content (AvgIpc) is 2.67. The summed E-state index contributed by atoms with van der Waals surface area (Å²) in [6.07, 6.45) is 6.86. The first kappa shape index (κ1) is 18.5. The van der Waals surface area contributed by atoms with Crippen molar-refractivity contribution >= 4 is 28.6 Å². The summed E-state index contributed by atoms with van der Waals surface area (Å²) >= 11 is 7.45. The van der Waals surface area contributed by atoms with Gasteiger partial charge in [0.15, 0.2) is 0 Å². The number of fused-ring (bicyclic) bond motifs is 1. The van der Waals surface area contributed by atoms with E-state index >= 15 is 0 Å². The van der Waals surface area contributed by atoms with E-state index in [0.29, 0.717) is 23.1 Å². The van der Waals surface area contributed by atoms with Gasteiger partial charge in [-0.3, -0.25) is 0 Å². The van der Waals surface area contributed by atoms with Crippen LogP contribution in [0.15, 0.2) is 51.9 Å². The molecule has 0 saturated heterocycles. The molecule has 0 aromatic heterocycles. The Morgan fingerprint density at radius 3 is 2.91 bits per heavy atom. The minimum atomic E-state index is -0.424. The number of rotatable bonds is 4. The van der Waals surface area contributed by atoms with E-state index in [9.17, 15) is 9.60 Å². The second kappa shape index (κ2) is 7.79. The maximum atomic E-state index is 14.4. The molecule has 0 bridgehead atoms. The molecule has 1 atom stereocenters. The van der Waals surface area contributed by atoms with Gasteiger partial charge in [0.1, 0.15) is 18.9 Å². The molecule has 1 aromatic rings. The van der Waals surface area contributed by atoms with Crippen molar-refractivity contribution in [3.8, 4) is 0 Å². The molecule has 23 heavy (non-hydrogen) atoms. The Balaban J connectivity index is 2.25. The van der Waals surface area contributed by atoms with Gasteiger partial charge in [0.25, 0.3) is 0 Å². The van der Waals surface area contributed by atoms with E-state index in [1.807, 2.05) is 25.1 Å². The highest BCUT2D eigenvalue weighted by Crippen LogP contribution is 2.30. The van der Waals surface area contributed by atoms with Gasteiger partial charge >= 0.3 is 0 Å². The van der Waals surface area contributed by atoms with Gasteiger partial charge in [-0.1, -0.05) is 24.8 Å². The number of hydrogen-bond acceptors (Lipinski definition) is 2. The molecule has 1 aromatic carbocycles. The molecule has 1 unspecified atom stereocenters. The van der Waals surface area contributed by atoms with Gasteiger partial charge in [0.2, 0.25) is 0 Å². The fraction of sp³-hybridized carbons (Fsp3) is 0.333. The zero-order valence-corrected chi connectivity index (χ0v) is 15.7. The molecule has 0 fully saturated rings. The van der Waals surface area contributed by atoms with Crippen LogP contribution in [0, 0.1) is 11.0 Å². The zero-order valence-electron chi connectivity index (χ0n) is 13.2. The first-order valence-corrected chi connectivity index (χ1v) is 8.80. The van der Waals surface area contributed by atoms with Crippen LogP contribution >= 0.6 is 28.6 Å². The lowest BCUT2D eigenvalue weighted by molar-refractivity contribution is -0.889. The van der Waals surface area contributed by atoms with Crippen LogP contribution in [0.2, 0.25) is 0 Å². The van der Waals surface area contributed by atoms with Crippen LogP contribution in [0.25, 0.3) is 0 Å². The van der Waals surface area contributed by atoms with Crippen molar-refractivity contribution in [1.82, 2.24) is 0 Å². The molecular weight excluding hydrogens is 377 g/mol. The summed E-state index contributed by atoms with van der Waals surface area (Å²) in [6, 6.07) is 3.64. The molecule has 0 saturated carbocycles. The number of allylic oxidation sites excluding steroid dienone is 3. The molecule has 1 aliphatic heterocycles. The van der Waals surface area contributed by atoms with Crippen LogP contribution in [0.3, 0.4) is 0 Å². The lowest BCUT2D eigenvalue weighted by Crippen LogP contribution is -2.43. The van der Waals surface area contributed by atoms with Gasteiger partial charge in [-0.05, 0) is 52.6 Å². The van der Waals surface area contributed by atoms with E-state index in [1.165, 1.54) is 0 Å². The van der Waals surface area contributed by atoms with Crippen LogP contribution in [-0.4, -0.2) is 17.7 Å². The Labute approximate surface area is 151 Å². The highest BCUT2D eigenvalue weighted by Gasteiger charge is 2.26. The number of aryl methyl sites for hydroxylation is 1. The van der Waals surface area contributed by atoms with Crippen LogP contribution in [0.1, 0.15) is 24.5 Å². The molecule has 0 spiro atoms. The van der Waals surface area contributed by atoms with Crippen LogP contribution in [0.5, 0.6) is 0 Å². The van der Waals surface area contributed by atoms with Crippen molar-refractivity contribution in [3.05, 3.63) is 74.0 Å². The molecule has 124 valence electrons. The lowest BCUT2D eigenvalue weighted by atomic mass is 10.0. The fourth-order valence-electron chi connectivity index (χ4n) is 2.90. The van der Waals surface area contributed by atoms with Crippen LogP contribution < -0.4 is 0 Å². The summed E-state index contributed by atoms with van der Waals surface area (Å²) in [4.78, 5) is 0.748. The first-order valence-electron chi connectivity index (χ1n) is 7.56. The summed E-state index contributed by atoms with van der Waals surface area (Å²) in [5, 5.41) is 13.1. The number of hydrogen-bond donors (Lipinski definition) is 1. The van der Waals surface area contributed by atoms with E-state index in [0.717, 1.165) is 28.9 Å². The minimum Gasteiger partial charge on any atom is -0.632 e. The monoisotopic (exact) mass is 397 g/mol. The third-order valence-corrected chi connectivity index (χ3v) is 4.98. The van der Waals surface area contributed by atoms with E-state index in [-0.39, 0.29) is 12.4 Å². The number of halogens is 2. The Morgan fingerprint density at radius 1 is 1.48 bits per heavy atom. The van der Waals surface area contributed by atoms with Crippen LogP contribution in [0.4, 0.5) is 4.39 Å². The maximum Gasteiger partial charge on any atom is 0.146 e. The largest absolute Gasteiger partial charge is 0.632 e. The third kappa shape index (κ3) is 4.80. The molecule has 5 heteroatoms. The van der Waals surface area contributed by atoms with E-state index < -0.39 is 4.65 Å². The van der Waals surface area contributed by atoms with Gasteiger partial charge in [-0.2, -0.15) is 0 Å². The number of thiol groups is 1. The van der Waals surface area contributed by atoms with Crippen molar-refractivity contribution in [1.29, 1.82) is 0 Å². The van der Waals surface area contributed by atoms with Crippen molar-refractivity contribution in [2.75, 3.05) is 13.1 Å². The number of nitrogens with zero attached hydrogens (tertiary/aromatic N) is 1. The van der Waals surface area contributed by atoms with Gasteiger partial charge < -0.3 is 9.85 Å². The zero-order chi connectivity index (χ0) is 17.0. The second-order valence-electron chi connectivity index (χ2n) is 6.01. The molecule has 0 aliphatic carbocycles. The molecule has 1 aliphatic rings. The number of benzene rings is 1. The molecule has 0 N–H and O–H groups in total. The Hall–Kier alpha value is -0.880. The lowest BCUT2D eigenvalue weighted by Gasteiger charge is -2.42. The highest BCUT2D eigenvalue weighted by molar-refractivity contribution is 9.10. The van der Waals surface area contributed by atoms with Crippen molar-refractivity contribution in [2.24, 2.45) is 0 Å². The standard InChI is InChI=1S/C18H21BrFNOS/c1-3-15(23)8-6-13(2)11-21(22)10-4-5-14-7-9-17(19)18(20)16(14)12-21/h3,6-9,23H,1,4-5,10-12H2,2H3/b13-6+,15-8+. The third-order valence-electron chi connectivity index (χ3n) is 4.04. The van der Waals surface area contributed by atoms with Crippen molar-refractivity contribution in [2.45, 2.75) is 26.3 Å². The fourth-order valence-corrected chi connectivity index (χ4v) is 3.35. The van der Waals surface area contributed by atoms with Gasteiger partial charge in [-0.25, -0.2) is 4.39 Å². The molecule has 2 rings (SSSR count). The average molecular weight is 398 g/mol. The van der Waals surface area contributed by atoms with Gasteiger partial charge in [0.05, 0.1) is 11.0 Å². The predicted octanol–water partition coefficient (Wildman–Crippen LogP) is 5.30. The molecule has 1 heterocycles. The molecule has 0 amide bonds. The first-order chi connectivity index (χ1) is 10.8. The summed E-state index contributed by atoms with van der Waals surface area (Å²) in [7, 11) is 0.